The van der Waals surface area contributed by atoms with Crippen LogP contribution in [0.1, 0.15) is 34.0 Å². The summed E-state index contributed by atoms with van der Waals surface area (Å²) >= 11 is 0. The molecule has 0 bridgehead atoms. The third-order valence-corrected chi connectivity index (χ3v) is 3.24. The Labute approximate surface area is 118 Å². The average molecular weight is 270 g/mol. The molecule has 0 saturated heterocycles. The summed E-state index contributed by atoms with van der Waals surface area (Å²) in [5.74, 6) is 0.520. The van der Waals surface area contributed by atoms with Crippen molar-refractivity contribution >= 4 is 6.29 Å². The van der Waals surface area contributed by atoms with Gasteiger partial charge in [-0.2, -0.15) is 0 Å². The lowest BCUT2D eigenvalue weighted by atomic mass is 10.0. The van der Waals surface area contributed by atoms with Crippen LogP contribution in [-0.2, 0) is 13.0 Å². The van der Waals surface area contributed by atoms with Crippen molar-refractivity contribution in [2.45, 2.75) is 26.9 Å². The molecule has 3 heteroatoms. The molecular weight excluding hydrogens is 252 g/mol. The number of benzene rings is 2. The van der Waals surface area contributed by atoms with Gasteiger partial charge >= 0.3 is 0 Å². The van der Waals surface area contributed by atoms with Crippen molar-refractivity contribution in [1.82, 2.24) is 0 Å². The highest BCUT2D eigenvalue weighted by Gasteiger charge is 2.03. The van der Waals surface area contributed by atoms with E-state index < -0.39 is 0 Å². The molecule has 0 amide bonds. The van der Waals surface area contributed by atoms with Gasteiger partial charge in [-0.1, -0.05) is 25.1 Å². The molecule has 0 spiro atoms. The Hall–Kier alpha value is -2.29. The second-order valence-corrected chi connectivity index (χ2v) is 4.78. The lowest BCUT2D eigenvalue weighted by molar-refractivity contribution is 0.112. The third kappa shape index (κ3) is 3.38. The number of aldehydes is 1. The molecule has 0 aliphatic rings. The maximum absolute atomic E-state index is 10.7. The molecule has 104 valence electrons. The Balaban J connectivity index is 2.10. The maximum Gasteiger partial charge on any atom is 0.150 e. The Bertz CT molecular complexity index is 618. The van der Waals surface area contributed by atoms with Crippen molar-refractivity contribution in [3.05, 3.63) is 58.7 Å². The van der Waals surface area contributed by atoms with E-state index in [9.17, 15) is 9.90 Å². The molecule has 3 nitrogen and oxygen atoms in total. The van der Waals surface area contributed by atoms with E-state index in [0.29, 0.717) is 24.2 Å². The largest absolute Gasteiger partial charge is 0.508 e. The number of aromatic hydroxyl groups is 1. The molecule has 1 N–H and O–H groups in total. The van der Waals surface area contributed by atoms with Gasteiger partial charge in [0.1, 0.15) is 24.4 Å². The first kappa shape index (κ1) is 14.1. The van der Waals surface area contributed by atoms with Crippen LogP contribution in [0.5, 0.6) is 11.5 Å². The molecule has 0 aliphatic carbocycles. The van der Waals surface area contributed by atoms with Gasteiger partial charge in [0.25, 0.3) is 0 Å². The Morgan fingerprint density at radius 2 is 2.00 bits per heavy atom. The highest BCUT2D eigenvalue weighted by atomic mass is 16.5. The maximum atomic E-state index is 10.7. The van der Waals surface area contributed by atoms with Crippen molar-refractivity contribution < 1.29 is 14.6 Å². The molecule has 20 heavy (non-hydrogen) atoms. The molecule has 0 atom stereocenters. The van der Waals surface area contributed by atoms with Gasteiger partial charge in [0, 0.05) is 11.6 Å². The minimum Gasteiger partial charge on any atom is -0.508 e. The van der Waals surface area contributed by atoms with Crippen LogP contribution in [0.3, 0.4) is 0 Å². The summed E-state index contributed by atoms with van der Waals surface area (Å²) in [5.41, 5.74) is 4.04. The zero-order chi connectivity index (χ0) is 14.5. The van der Waals surface area contributed by atoms with E-state index in [4.69, 9.17) is 4.74 Å². The molecule has 0 saturated carbocycles. The summed E-state index contributed by atoms with van der Waals surface area (Å²) < 4.78 is 5.62. The molecule has 0 heterocycles. The Morgan fingerprint density at radius 1 is 1.20 bits per heavy atom. The average Bonchev–Trinajstić information content (AvgIpc) is 2.44. The van der Waals surface area contributed by atoms with Gasteiger partial charge < -0.3 is 9.84 Å². The summed E-state index contributed by atoms with van der Waals surface area (Å²) in [6.07, 6.45) is 1.70. The van der Waals surface area contributed by atoms with Crippen LogP contribution in [0.2, 0.25) is 0 Å². The molecule has 2 aromatic rings. The molecule has 0 radical (unpaired) electrons. The Kier molecular flexibility index (Phi) is 4.41. The highest BCUT2D eigenvalue weighted by Crippen LogP contribution is 2.22. The molecule has 2 aromatic carbocycles. The summed E-state index contributed by atoms with van der Waals surface area (Å²) in [6.45, 7) is 4.62. The zero-order valence-corrected chi connectivity index (χ0v) is 11.7. The summed E-state index contributed by atoms with van der Waals surface area (Å²) in [4.78, 5) is 10.7. The van der Waals surface area contributed by atoms with Crippen molar-refractivity contribution in [2.24, 2.45) is 0 Å². The lowest BCUT2D eigenvalue weighted by Gasteiger charge is -2.10. The van der Waals surface area contributed by atoms with Crippen LogP contribution in [-0.4, -0.2) is 11.4 Å². The molecule has 0 fully saturated rings. The van der Waals surface area contributed by atoms with Crippen molar-refractivity contribution in [3.63, 3.8) is 0 Å². The zero-order valence-electron chi connectivity index (χ0n) is 11.7. The minimum atomic E-state index is 0.0297. The molecule has 0 unspecified atom stereocenters. The van der Waals surface area contributed by atoms with E-state index in [1.54, 1.807) is 6.07 Å². The van der Waals surface area contributed by atoms with E-state index in [1.807, 2.05) is 6.07 Å². The number of phenolic OH excluding ortho intramolecular Hbond substituents is 1. The topological polar surface area (TPSA) is 46.5 Å². The van der Waals surface area contributed by atoms with Gasteiger partial charge in [-0.25, -0.2) is 0 Å². The molecule has 0 aliphatic heterocycles. The lowest BCUT2D eigenvalue weighted by Crippen LogP contribution is -1.98. The van der Waals surface area contributed by atoms with Gasteiger partial charge in [-0.05, 0) is 42.2 Å². The van der Waals surface area contributed by atoms with Crippen LogP contribution in [0, 0.1) is 6.92 Å². The summed E-state index contributed by atoms with van der Waals surface area (Å²) in [6, 6.07) is 10.8. The van der Waals surface area contributed by atoms with E-state index in [-0.39, 0.29) is 5.75 Å². The van der Waals surface area contributed by atoms with Crippen molar-refractivity contribution in [2.75, 3.05) is 0 Å². The SMILES string of the molecule is CCc1ccc(COc2cc(O)cc(C=O)c2)cc1C. The van der Waals surface area contributed by atoms with E-state index in [2.05, 4.69) is 26.0 Å². The standard InChI is InChI=1S/C17H18O3/c1-3-15-5-4-13(6-12(15)2)11-20-17-8-14(10-18)7-16(19)9-17/h4-10,19H,3,11H2,1-2H3. The van der Waals surface area contributed by atoms with Crippen LogP contribution >= 0.6 is 0 Å². The second kappa shape index (κ2) is 6.24. The van der Waals surface area contributed by atoms with E-state index in [1.165, 1.54) is 23.3 Å². The number of carbonyl (C=O) groups excluding carboxylic acids is 1. The first-order valence-corrected chi connectivity index (χ1v) is 6.63. The number of rotatable bonds is 5. The van der Waals surface area contributed by atoms with Crippen molar-refractivity contribution in [1.29, 1.82) is 0 Å². The van der Waals surface area contributed by atoms with Gasteiger partial charge in [0.15, 0.2) is 0 Å². The van der Waals surface area contributed by atoms with E-state index in [0.717, 1.165) is 12.0 Å². The fourth-order valence-corrected chi connectivity index (χ4v) is 2.17. The number of hydrogen-bond donors (Lipinski definition) is 1. The minimum absolute atomic E-state index is 0.0297. The summed E-state index contributed by atoms with van der Waals surface area (Å²) in [7, 11) is 0. The number of carbonyl (C=O) groups is 1. The third-order valence-electron chi connectivity index (χ3n) is 3.24. The molecule has 0 aromatic heterocycles. The van der Waals surface area contributed by atoms with Crippen LogP contribution in [0.25, 0.3) is 0 Å². The number of phenols is 1. The fraction of sp³-hybridized carbons (Fsp3) is 0.235. The quantitative estimate of drug-likeness (QED) is 0.843. The van der Waals surface area contributed by atoms with Crippen LogP contribution in [0.15, 0.2) is 36.4 Å². The van der Waals surface area contributed by atoms with Gasteiger partial charge in [0.05, 0.1) is 0 Å². The monoisotopic (exact) mass is 270 g/mol. The van der Waals surface area contributed by atoms with Gasteiger partial charge in [0.2, 0.25) is 0 Å². The summed E-state index contributed by atoms with van der Waals surface area (Å²) in [5, 5.41) is 9.50. The molecule has 2 rings (SSSR count). The number of ether oxygens (including phenoxy) is 1. The predicted octanol–water partition coefficient (Wildman–Crippen LogP) is 3.65. The fourth-order valence-electron chi connectivity index (χ4n) is 2.17. The first-order valence-electron chi connectivity index (χ1n) is 6.63. The number of hydrogen-bond acceptors (Lipinski definition) is 3. The van der Waals surface area contributed by atoms with Crippen molar-refractivity contribution in [3.8, 4) is 11.5 Å². The van der Waals surface area contributed by atoms with Gasteiger partial charge in [-0.15, -0.1) is 0 Å². The van der Waals surface area contributed by atoms with Crippen LogP contribution < -0.4 is 4.74 Å². The Morgan fingerprint density at radius 3 is 2.65 bits per heavy atom. The second-order valence-electron chi connectivity index (χ2n) is 4.78. The normalized spacial score (nSPS) is 10.3. The van der Waals surface area contributed by atoms with Crippen LogP contribution in [0.4, 0.5) is 0 Å². The predicted molar refractivity (Wildman–Crippen MR) is 78.4 cm³/mol. The number of aryl methyl sites for hydroxylation is 2. The highest BCUT2D eigenvalue weighted by molar-refractivity contribution is 5.76. The smallest absolute Gasteiger partial charge is 0.150 e. The van der Waals surface area contributed by atoms with Gasteiger partial charge in [-0.3, -0.25) is 4.79 Å². The van der Waals surface area contributed by atoms with E-state index >= 15 is 0 Å². The molecular formula is C17H18O3. The first-order chi connectivity index (χ1) is 9.62.